The van der Waals surface area contributed by atoms with Gasteiger partial charge in [0, 0.05) is 12.4 Å². The van der Waals surface area contributed by atoms with Gasteiger partial charge >= 0.3 is 5.97 Å². The highest BCUT2D eigenvalue weighted by Crippen LogP contribution is 2.09. The number of nitrogens with zero attached hydrogens (tertiary/aromatic N) is 2. The van der Waals surface area contributed by atoms with E-state index in [0.717, 1.165) is 0 Å². The molecule has 1 N–H and O–H groups in total. The molecule has 0 aliphatic heterocycles. The maximum Gasteiger partial charge on any atom is 0.309 e. The van der Waals surface area contributed by atoms with Gasteiger partial charge in [-0.25, -0.2) is 9.37 Å². The van der Waals surface area contributed by atoms with Crippen molar-refractivity contribution in [3.8, 4) is 0 Å². The third-order valence-electron chi connectivity index (χ3n) is 1.82. The third-order valence-corrected chi connectivity index (χ3v) is 1.82. The van der Waals surface area contributed by atoms with Crippen LogP contribution in [0.25, 0.3) is 5.65 Å². The Morgan fingerprint density at radius 2 is 2.33 bits per heavy atom. The van der Waals surface area contributed by atoms with Gasteiger partial charge in [0.15, 0.2) is 11.5 Å². The van der Waals surface area contributed by atoms with Crippen LogP contribution in [0.4, 0.5) is 4.39 Å². The summed E-state index contributed by atoms with van der Waals surface area (Å²) in [5, 5.41) is 8.52. The van der Waals surface area contributed by atoms with Crippen molar-refractivity contribution >= 4 is 24.0 Å². The van der Waals surface area contributed by atoms with Crippen molar-refractivity contribution in [1.82, 2.24) is 9.38 Å². The van der Waals surface area contributed by atoms with Crippen molar-refractivity contribution < 1.29 is 14.3 Å². The summed E-state index contributed by atoms with van der Waals surface area (Å²) in [6.45, 7) is 0. The number of fused-ring (bicyclic) bond motifs is 1. The summed E-state index contributed by atoms with van der Waals surface area (Å²) >= 11 is 0. The van der Waals surface area contributed by atoms with Gasteiger partial charge in [0.1, 0.15) is 0 Å². The van der Waals surface area contributed by atoms with Crippen molar-refractivity contribution in [3.63, 3.8) is 0 Å². The molecule has 0 bridgehead atoms. The first kappa shape index (κ1) is 11.5. The molecule has 2 aromatic heterocycles. The van der Waals surface area contributed by atoms with E-state index in [1.165, 1.54) is 22.7 Å². The zero-order valence-corrected chi connectivity index (χ0v) is 8.37. The van der Waals surface area contributed by atoms with Crippen LogP contribution in [-0.4, -0.2) is 20.5 Å². The van der Waals surface area contributed by atoms with Crippen LogP contribution in [0.1, 0.15) is 5.69 Å². The van der Waals surface area contributed by atoms with Crippen molar-refractivity contribution in [1.29, 1.82) is 0 Å². The maximum absolute atomic E-state index is 13.1. The Labute approximate surface area is 90.8 Å². The zero-order chi connectivity index (χ0) is 10.1. The van der Waals surface area contributed by atoms with Crippen LogP contribution in [0.15, 0.2) is 24.5 Å². The molecule has 15 heavy (non-hydrogen) atoms. The SMILES string of the molecule is Cl.O=C(O)Cc1cn2cccc(F)c2n1. The van der Waals surface area contributed by atoms with Crippen molar-refractivity contribution in [2.24, 2.45) is 0 Å². The Hall–Kier alpha value is -1.62. The van der Waals surface area contributed by atoms with Crippen LogP contribution in [-0.2, 0) is 11.2 Å². The Morgan fingerprint density at radius 1 is 1.60 bits per heavy atom. The number of aromatic nitrogens is 2. The minimum Gasteiger partial charge on any atom is -0.481 e. The molecule has 0 fully saturated rings. The fourth-order valence-corrected chi connectivity index (χ4v) is 1.27. The number of carboxylic acid groups (broad SMARTS) is 1. The lowest BCUT2D eigenvalue weighted by Gasteiger charge is -1.90. The second kappa shape index (κ2) is 4.27. The molecule has 0 spiro atoms. The van der Waals surface area contributed by atoms with Crippen LogP contribution >= 0.6 is 12.4 Å². The second-order valence-electron chi connectivity index (χ2n) is 2.89. The van der Waals surface area contributed by atoms with Crippen LogP contribution < -0.4 is 0 Å². The van der Waals surface area contributed by atoms with Crippen LogP contribution in [0.5, 0.6) is 0 Å². The number of halogens is 2. The lowest BCUT2D eigenvalue weighted by Crippen LogP contribution is -1.99. The van der Waals surface area contributed by atoms with Crippen LogP contribution in [0.3, 0.4) is 0 Å². The van der Waals surface area contributed by atoms with Gasteiger partial charge in [-0.05, 0) is 12.1 Å². The summed E-state index contributed by atoms with van der Waals surface area (Å²) in [5.41, 5.74) is 0.506. The van der Waals surface area contributed by atoms with E-state index in [1.54, 1.807) is 6.20 Å². The number of aliphatic carboxylic acids is 1. The Kier molecular flexibility index (Phi) is 3.26. The fraction of sp³-hybridized carbons (Fsp3) is 0.111. The standard InChI is InChI=1S/C9H7FN2O2.ClH/c10-7-2-1-3-12-5-6(4-8(13)14)11-9(7)12;/h1-3,5H,4H2,(H,13,14);1H. The number of pyridine rings is 1. The van der Waals surface area contributed by atoms with Gasteiger partial charge in [0.25, 0.3) is 0 Å². The molecule has 0 saturated heterocycles. The monoisotopic (exact) mass is 230 g/mol. The van der Waals surface area contributed by atoms with E-state index in [4.69, 9.17) is 5.11 Å². The number of hydrogen-bond donors (Lipinski definition) is 1. The van der Waals surface area contributed by atoms with Gasteiger partial charge < -0.3 is 9.51 Å². The quantitative estimate of drug-likeness (QED) is 0.851. The van der Waals surface area contributed by atoms with Gasteiger partial charge in [-0.2, -0.15) is 0 Å². The largest absolute Gasteiger partial charge is 0.481 e. The third kappa shape index (κ3) is 2.24. The molecule has 0 amide bonds. The molecular weight excluding hydrogens is 223 g/mol. The molecule has 0 saturated carbocycles. The molecule has 6 heteroatoms. The molecule has 0 aromatic carbocycles. The lowest BCUT2D eigenvalue weighted by molar-refractivity contribution is -0.136. The first-order chi connectivity index (χ1) is 6.66. The van der Waals surface area contributed by atoms with Crippen LogP contribution in [0.2, 0.25) is 0 Å². The number of rotatable bonds is 2. The first-order valence-corrected chi connectivity index (χ1v) is 4.01. The minimum atomic E-state index is -0.978. The number of carboxylic acids is 1. The van der Waals surface area contributed by atoms with Crippen molar-refractivity contribution in [2.45, 2.75) is 6.42 Å². The van der Waals surface area contributed by atoms with Gasteiger partial charge in [-0.15, -0.1) is 12.4 Å². The molecule has 0 radical (unpaired) electrons. The van der Waals surface area contributed by atoms with Crippen molar-refractivity contribution in [3.05, 3.63) is 36.0 Å². The lowest BCUT2D eigenvalue weighted by atomic mass is 10.3. The van der Waals surface area contributed by atoms with E-state index < -0.39 is 11.8 Å². The highest BCUT2D eigenvalue weighted by molar-refractivity contribution is 5.85. The zero-order valence-electron chi connectivity index (χ0n) is 7.55. The Balaban J connectivity index is 0.00000112. The van der Waals surface area contributed by atoms with Gasteiger partial charge in [-0.1, -0.05) is 0 Å². The summed E-state index contributed by atoms with van der Waals surface area (Å²) in [5.74, 6) is -1.43. The van der Waals surface area contributed by atoms with E-state index >= 15 is 0 Å². The molecule has 80 valence electrons. The van der Waals surface area contributed by atoms with E-state index in [0.29, 0.717) is 5.69 Å². The molecule has 4 nitrogen and oxygen atoms in total. The Morgan fingerprint density at radius 3 is 2.93 bits per heavy atom. The highest BCUT2D eigenvalue weighted by atomic mass is 35.5. The predicted octanol–water partition coefficient (Wildman–Crippen LogP) is 1.52. The molecular formula is C9H8ClFN2O2. The van der Waals surface area contributed by atoms with Crippen LogP contribution in [0, 0.1) is 5.82 Å². The maximum atomic E-state index is 13.1. The summed E-state index contributed by atoms with van der Waals surface area (Å²) in [6, 6.07) is 2.82. The van der Waals surface area contributed by atoms with Gasteiger partial charge in [0.05, 0.1) is 12.1 Å². The molecule has 2 heterocycles. The Bertz CT molecular complexity index is 498. The highest BCUT2D eigenvalue weighted by Gasteiger charge is 2.08. The van der Waals surface area contributed by atoms with E-state index in [1.807, 2.05) is 0 Å². The smallest absolute Gasteiger partial charge is 0.309 e. The number of imidazole rings is 1. The second-order valence-corrected chi connectivity index (χ2v) is 2.89. The topological polar surface area (TPSA) is 54.6 Å². The summed E-state index contributed by atoms with van der Waals surface area (Å²) in [4.78, 5) is 14.2. The fourth-order valence-electron chi connectivity index (χ4n) is 1.27. The normalized spacial score (nSPS) is 9.93. The first-order valence-electron chi connectivity index (χ1n) is 4.01. The number of hydrogen-bond acceptors (Lipinski definition) is 2. The molecule has 2 rings (SSSR count). The summed E-state index contributed by atoms with van der Waals surface area (Å²) in [6.07, 6.45) is 2.93. The van der Waals surface area contributed by atoms with E-state index in [2.05, 4.69) is 4.98 Å². The average molecular weight is 231 g/mol. The van der Waals surface area contributed by atoms with Gasteiger partial charge in [-0.3, -0.25) is 4.79 Å². The van der Waals surface area contributed by atoms with Gasteiger partial charge in [0.2, 0.25) is 0 Å². The van der Waals surface area contributed by atoms with E-state index in [-0.39, 0.29) is 24.5 Å². The van der Waals surface area contributed by atoms with Crippen molar-refractivity contribution in [2.75, 3.05) is 0 Å². The molecule has 2 aromatic rings. The molecule has 0 aliphatic rings. The summed E-state index contributed by atoms with van der Waals surface area (Å²) < 4.78 is 14.6. The summed E-state index contributed by atoms with van der Waals surface area (Å²) in [7, 11) is 0. The minimum absolute atomic E-state index is 0. The average Bonchev–Trinajstić information content (AvgIpc) is 2.47. The predicted molar refractivity (Wildman–Crippen MR) is 53.7 cm³/mol. The number of carbonyl (C=O) groups is 1. The molecule has 0 aliphatic carbocycles. The molecule has 0 unspecified atom stereocenters. The molecule has 0 atom stereocenters. The van der Waals surface area contributed by atoms with E-state index in [9.17, 15) is 9.18 Å².